The molecule has 0 aliphatic carbocycles. The molecule has 2 rings (SSSR count). The van der Waals surface area contributed by atoms with Crippen molar-refractivity contribution in [2.45, 2.75) is 26.4 Å². The number of amides is 1. The summed E-state index contributed by atoms with van der Waals surface area (Å²) in [5.74, 6) is 0. The Balaban J connectivity index is 1.99. The van der Waals surface area contributed by atoms with Crippen molar-refractivity contribution in [2.75, 3.05) is 31.1 Å². The molecule has 1 fully saturated rings. The van der Waals surface area contributed by atoms with Crippen LogP contribution in [0.15, 0.2) is 11.0 Å². The molecule has 0 saturated carbocycles. The number of anilines is 1. The number of carbonyl (C=O) groups is 1. The first-order valence-electron chi connectivity index (χ1n) is 6.74. The van der Waals surface area contributed by atoms with Crippen LogP contribution < -0.4 is 10.5 Å². The zero-order valence-corrected chi connectivity index (χ0v) is 13.1. The van der Waals surface area contributed by atoms with Crippen LogP contribution in [0, 0.1) is 0 Å². The number of halogens is 1. The minimum absolute atomic E-state index is 0.121. The second kappa shape index (κ2) is 5.93. The molecule has 1 N–H and O–H groups in total. The van der Waals surface area contributed by atoms with Crippen LogP contribution in [0.3, 0.4) is 0 Å². The van der Waals surface area contributed by atoms with E-state index < -0.39 is 11.2 Å². The van der Waals surface area contributed by atoms with Gasteiger partial charge in [0.25, 0.3) is 5.56 Å². The van der Waals surface area contributed by atoms with Crippen LogP contribution in [-0.2, 0) is 4.74 Å². The first kappa shape index (κ1) is 15.6. The molecular formula is C13H19ClN4O3. The molecule has 0 atom stereocenters. The second-order valence-corrected chi connectivity index (χ2v) is 6.23. The number of nitrogens with zero attached hydrogens (tertiary/aromatic N) is 3. The van der Waals surface area contributed by atoms with E-state index in [9.17, 15) is 9.59 Å². The minimum atomic E-state index is -0.506. The van der Waals surface area contributed by atoms with E-state index in [2.05, 4.69) is 10.2 Å². The molecule has 7 nitrogen and oxygen atoms in total. The number of ether oxygens (including phenoxy) is 1. The molecule has 2 heterocycles. The Morgan fingerprint density at radius 1 is 1.33 bits per heavy atom. The van der Waals surface area contributed by atoms with Crippen LogP contribution in [0.2, 0.25) is 5.02 Å². The standard InChI is InChI=1S/C13H19ClN4O3/c1-13(2,3)21-12(20)18-6-4-17(5-7-18)9-8-15-16-11(19)10(9)14/h8H,4-7H2,1-3H3,(H,16,19). The number of H-pyrrole nitrogens is 1. The van der Waals surface area contributed by atoms with Crippen LogP contribution >= 0.6 is 11.6 Å². The number of piperazine rings is 1. The summed E-state index contributed by atoms with van der Waals surface area (Å²) in [7, 11) is 0. The molecule has 0 unspecified atom stereocenters. The third-order valence-corrected chi connectivity index (χ3v) is 3.41. The summed E-state index contributed by atoms with van der Waals surface area (Å²) in [6.07, 6.45) is 1.20. The molecular weight excluding hydrogens is 296 g/mol. The molecule has 116 valence electrons. The lowest BCUT2D eigenvalue weighted by atomic mass is 10.2. The summed E-state index contributed by atoms with van der Waals surface area (Å²) in [4.78, 5) is 27.0. The second-order valence-electron chi connectivity index (χ2n) is 5.85. The molecule has 1 aliphatic rings. The predicted molar refractivity (Wildman–Crippen MR) is 79.9 cm³/mol. The number of aromatic nitrogens is 2. The predicted octanol–water partition coefficient (Wildman–Crippen LogP) is 1.48. The number of hydrogen-bond donors (Lipinski definition) is 1. The quantitative estimate of drug-likeness (QED) is 0.849. The molecule has 0 radical (unpaired) electrons. The maximum Gasteiger partial charge on any atom is 0.410 e. The van der Waals surface area contributed by atoms with E-state index in [0.717, 1.165) is 0 Å². The van der Waals surface area contributed by atoms with Gasteiger partial charge in [-0.3, -0.25) is 4.79 Å². The van der Waals surface area contributed by atoms with Crippen molar-refractivity contribution in [2.24, 2.45) is 0 Å². The fourth-order valence-electron chi connectivity index (χ4n) is 2.05. The Morgan fingerprint density at radius 3 is 2.52 bits per heavy atom. The maximum absolute atomic E-state index is 12.0. The van der Waals surface area contributed by atoms with Crippen molar-refractivity contribution in [3.05, 3.63) is 21.6 Å². The van der Waals surface area contributed by atoms with E-state index in [-0.39, 0.29) is 11.1 Å². The maximum atomic E-state index is 12.0. The molecule has 8 heteroatoms. The SMILES string of the molecule is CC(C)(C)OC(=O)N1CCN(c2cn[nH]c(=O)c2Cl)CC1. The fraction of sp³-hybridized carbons (Fsp3) is 0.615. The molecule has 1 saturated heterocycles. The van der Waals surface area contributed by atoms with Gasteiger partial charge in [0.1, 0.15) is 10.6 Å². The van der Waals surface area contributed by atoms with Gasteiger partial charge in [-0.2, -0.15) is 5.10 Å². The number of rotatable bonds is 1. The smallest absolute Gasteiger partial charge is 0.410 e. The average Bonchev–Trinajstić information content (AvgIpc) is 2.40. The highest BCUT2D eigenvalue weighted by Gasteiger charge is 2.26. The van der Waals surface area contributed by atoms with Gasteiger partial charge in [-0.05, 0) is 20.8 Å². The summed E-state index contributed by atoms with van der Waals surface area (Å²) >= 11 is 5.98. The molecule has 21 heavy (non-hydrogen) atoms. The van der Waals surface area contributed by atoms with Gasteiger partial charge >= 0.3 is 6.09 Å². The largest absolute Gasteiger partial charge is 0.444 e. The van der Waals surface area contributed by atoms with E-state index in [0.29, 0.717) is 31.9 Å². The molecule has 1 aromatic heterocycles. The molecule has 1 aliphatic heterocycles. The molecule has 0 spiro atoms. The number of aromatic amines is 1. The number of nitrogens with one attached hydrogen (secondary N) is 1. The van der Waals surface area contributed by atoms with Crippen molar-refractivity contribution in [3.63, 3.8) is 0 Å². The van der Waals surface area contributed by atoms with Gasteiger partial charge in [-0.1, -0.05) is 11.6 Å². The molecule has 1 amide bonds. The lowest BCUT2D eigenvalue weighted by Crippen LogP contribution is -2.50. The third-order valence-electron chi connectivity index (χ3n) is 3.05. The Hall–Kier alpha value is -1.76. The van der Waals surface area contributed by atoms with Gasteiger partial charge < -0.3 is 14.5 Å². The Bertz CT molecular complexity index is 574. The van der Waals surface area contributed by atoms with Gasteiger partial charge in [-0.25, -0.2) is 9.89 Å². The van der Waals surface area contributed by atoms with Crippen molar-refractivity contribution in [3.8, 4) is 0 Å². The Labute approximate surface area is 127 Å². The summed E-state index contributed by atoms with van der Waals surface area (Å²) < 4.78 is 5.34. The highest BCUT2D eigenvalue weighted by molar-refractivity contribution is 6.33. The van der Waals surface area contributed by atoms with Crippen LogP contribution in [0.4, 0.5) is 10.5 Å². The summed E-state index contributed by atoms with van der Waals surface area (Å²) in [6.45, 7) is 7.68. The van der Waals surface area contributed by atoms with Crippen LogP contribution in [0.5, 0.6) is 0 Å². The van der Waals surface area contributed by atoms with Crippen LogP contribution in [0.25, 0.3) is 0 Å². The van der Waals surface area contributed by atoms with Crippen molar-refractivity contribution >= 4 is 23.4 Å². The first-order chi connectivity index (χ1) is 9.78. The van der Waals surface area contributed by atoms with Gasteiger partial charge in [0.2, 0.25) is 0 Å². The summed E-state index contributed by atoms with van der Waals surface area (Å²) in [5.41, 5.74) is -0.332. The monoisotopic (exact) mass is 314 g/mol. The third kappa shape index (κ3) is 3.87. The zero-order chi connectivity index (χ0) is 15.6. The molecule has 0 bridgehead atoms. The van der Waals surface area contributed by atoms with E-state index in [1.54, 1.807) is 4.90 Å². The normalized spacial score (nSPS) is 16.0. The molecule has 0 aromatic carbocycles. The lowest BCUT2D eigenvalue weighted by molar-refractivity contribution is 0.0240. The van der Waals surface area contributed by atoms with E-state index >= 15 is 0 Å². The fourth-order valence-corrected chi connectivity index (χ4v) is 2.26. The van der Waals surface area contributed by atoms with Gasteiger partial charge in [0, 0.05) is 26.2 Å². The first-order valence-corrected chi connectivity index (χ1v) is 7.12. The van der Waals surface area contributed by atoms with Gasteiger partial charge in [-0.15, -0.1) is 0 Å². The Kier molecular flexibility index (Phi) is 4.41. The van der Waals surface area contributed by atoms with E-state index in [4.69, 9.17) is 16.3 Å². The van der Waals surface area contributed by atoms with Crippen molar-refractivity contribution in [1.82, 2.24) is 15.1 Å². The summed E-state index contributed by atoms with van der Waals surface area (Å²) in [5, 5.41) is 6.16. The van der Waals surface area contributed by atoms with E-state index in [1.165, 1.54) is 6.20 Å². The Morgan fingerprint density at radius 2 is 1.95 bits per heavy atom. The minimum Gasteiger partial charge on any atom is -0.444 e. The van der Waals surface area contributed by atoms with E-state index in [1.807, 2.05) is 25.7 Å². The lowest BCUT2D eigenvalue weighted by Gasteiger charge is -2.36. The molecule has 1 aromatic rings. The summed E-state index contributed by atoms with van der Waals surface area (Å²) in [6, 6.07) is 0. The van der Waals surface area contributed by atoms with Crippen molar-refractivity contribution in [1.29, 1.82) is 0 Å². The topological polar surface area (TPSA) is 78.5 Å². The number of hydrogen-bond acceptors (Lipinski definition) is 5. The van der Waals surface area contributed by atoms with Crippen LogP contribution in [0.1, 0.15) is 20.8 Å². The average molecular weight is 315 g/mol. The highest BCUT2D eigenvalue weighted by Crippen LogP contribution is 2.22. The van der Waals surface area contributed by atoms with Crippen molar-refractivity contribution < 1.29 is 9.53 Å². The highest BCUT2D eigenvalue weighted by atomic mass is 35.5. The van der Waals surface area contributed by atoms with Gasteiger partial charge in [0.05, 0.1) is 11.9 Å². The number of carbonyl (C=O) groups excluding carboxylic acids is 1. The van der Waals surface area contributed by atoms with Crippen LogP contribution in [-0.4, -0.2) is 53.0 Å². The van der Waals surface area contributed by atoms with Gasteiger partial charge in [0.15, 0.2) is 0 Å². The zero-order valence-electron chi connectivity index (χ0n) is 12.4.